The van der Waals surface area contributed by atoms with Crippen molar-refractivity contribution in [3.63, 3.8) is 0 Å². The standard InChI is InChI=1S/C18H18BrN3O/c19-14-8-9-16-21-17(13-5-2-1-3-6-13)18(22(16)12-14)20-11-15-7-4-10-23-15/h1-3,5-6,8-9,12,15,20H,4,7,10-11H2/t15-/m0/s1. The van der Waals surface area contributed by atoms with Gasteiger partial charge in [-0.2, -0.15) is 0 Å². The third-order valence-corrected chi connectivity index (χ3v) is 4.62. The number of halogens is 1. The highest BCUT2D eigenvalue weighted by molar-refractivity contribution is 9.10. The first-order valence-electron chi connectivity index (χ1n) is 7.90. The van der Waals surface area contributed by atoms with Gasteiger partial charge < -0.3 is 10.1 Å². The largest absolute Gasteiger partial charge is 0.376 e. The summed E-state index contributed by atoms with van der Waals surface area (Å²) in [6.07, 6.45) is 4.61. The third-order valence-electron chi connectivity index (χ3n) is 4.15. The van der Waals surface area contributed by atoms with E-state index in [1.807, 2.05) is 36.5 Å². The molecule has 0 unspecified atom stereocenters. The highest BCUT2D eigenvalue weighted by atomic mass is 79.9. The van der Waals surface area contributed by atoms with Crippen LogP contribution in [-0.4, -0.2) is 28.6 Å². The second-order valence-electron chi connectivity index (χ2n) is 5.77. The average molecular weight is 372 g/mol. The summed E-state index contributed by atoms with van der Waals surface area (Å²) in [5.41, 5.74) is 3.02. The average Bonchev–Trinajstić information content (AvgIpc) is 3.21. The van der Waals surface area contributed by atoms with Gasteiger partial charge in [0.1, 0.15) is 17.2 Å². The number of hydrogen-bond donors (Lipinski definition) is 1. The van der Waals surface area contributed by atoms with Crippen LogP contribution < -0.4 is 5.32 Å². The molecule has 2 aromatic heterocycles. The van der Waals surface area contributed by atoms with Gasteiger partial charge in [-0.3, -0.25) is 4.40 Å². The maximum Gasteiger partial charge on any atom is 0.139 e. The van der Waals surface area contributed by atoms with Crippen molar-refractivity contribution >= 4 is 27.4 Å². The first-order valence-corrected chi connectivity index (χ1v) is 8.69. The molecular weight excluding hydrogens is 354 g/mol. The lowest BCUT2D eigenvalue weighted by Gasteiger charge is -2.13. The quantitative estimate of drug-likeness (QED) is 0.740. The molecule has 0 amide bonds. The summed E-state index contributed by atoms with van der Waals surface area (Å²) in [4.78, 5) is 4.81. The zero-order valence-electron chi connectivity index (χ0n) is 12.7. The van der Waals surface area contributed by atoms with Gasteiger partial charge >= 0.3 is 0 Å². The van der Waals surface area contributed by atoms with E-state index in [-0.39, 0.29) is 6.10 Å². The summed E-state index contributed by atoms with van der Waals surface area (Å²) >= 11 is 3.55. The molecule has 0 radical (unpaired) electrons. The minimum atomic E-state index is 0.288. The van der Waals surface area contributed by atoms with Crippen LogP contribution in [0.15, 0.2) is 53.1 Å². The van der Waals surface area contributed by atoms with Gasteiger partial charge in [0.15, 0.2) is 0 Å². The van der Waals surface area contributed by atoms with Crippen molar-refractivity contribution in [1.82, 2.24) is 9.38 Å². The SMILES string of the molecule is Brc1ccc2nc(-c3ccccc3)c(NC[C@@H]3CCCO3)n2c1. The molecule has 0 spiro atoms. The van der Waals surface area contributed by atoms with E-state index < -0.39 is 0 Å². The lowest BCUT2D eigenvalue weighted by Crippen LogP contribution is -2.19. The van der Waals surface area contributed by atoms with Crippen LogP contribution in [0.2, 0.25) is 0 Å². The second kappa shape index (κ2) is 6.34. The molecule has 1 aromatic carbocycles. The Morgan fingerprint density at radius 3 is 2.87 bits per heavy atom. The first kappa shape index (κ1) is 14.7. The normalized spacial score (nSPS) is 17.7. The van der Waals surface area contributed by atoms with Crippen molar-refractivity contribution in [2.75, 3.05) is 18.5 Å². The fourth-order valence-corrected chi connectivity index (χ4v) is 3.34. The summed E-state index contributed by atoms with van der Waals surface area (Å²) in [5, 5.41) is 3.56. The van der Waals surface area contributed by atoms with Crippen molar-refractivity contribution in [3.8, 4) is 11.3 Å². The number of imidazole rings is 1. The molecule has 4 nitrogen and oxygen atoms in total. The molecule has 23 heavy (non-hydrogen) atoms. The maximum atomic E-state index is 5.73. The van der Waals surface area contributed by atoms with Crippen LogP contribution in [-0.2, 0) is 4.74 Å². The summed E-state index contributed by atoms with van der Waals surface area (Å²) in [6.45, 7) is 1.68. The van der Waals surface area contributed by atoms with Gasteiger partial charge in [0.05, 0.1) is 6.10 Å². The lowest BCUT2D eigenvalue weighted by molar-refractivity contribution is 0.120. The molecule has 0 bridgehead atoms. The van der Waals surface area contributed by atoms with E-state index >= 15 is 0 Å². The van der Waals surface area contributed by atoms with Crippen molar-refractivity contribution in [3.05, 3.63) is 53.1 Å². The first-order chi connectivity index (χ1) is 11.3. The van der Waals surface area contributed by atoms with Gasteiger partial charge in [-0.1, -0.05) is 30.3 Å². The van der Waals surface area contributed by atoms with Crippen molar-refractivity contribution < 1.29 is 4.74 Å². The molecule has 5 heteroatoms. The molecule has 1 atom stereocenters. The Labute approximate surface area is 143 Å². The molecule has 3 aromatic rings. The predicted octanol–water partition coefficient (Wildman–Crippen LogP) is 4.35. The topological polar surface area (TPSA) is 38.6 Å². The highest BCUT2D eigenvalue weighted by Gasteiger charge is 2.18. The van der Waals surface area contributed by atoms with E-state index in [4.69, 9.17) is 9.72 Å². The number of nitrogens with one attached hydrogen (secondary N) is 1. The second-order valence-corrected chi connectivity index (χ2v) is 6.68. The molecule has 0 saturated carbocycles. The number of fused-ring (bicyclic) bond motifs is 1. The van der Waals surface area contributed by atoms with E-state index in [1.165, 1.54) is 0 Å². The number of nitrogens with zero attached hydrogens (tertiary/aromatic N) is 2. The molecule has 1 aliphatic rings. The Morgan fingerprint density at radius 2 is 2.09 bits per heavy atom. The van der Waals surface area contributed by atoms with Crippen LogP contribution in [0.5, 0.6) is 0 Å². The summed E-state index contributed by atoms with van der Waals surface area (Å²) < 4.78 is 8.86. The molecule has 1 aliphatic heterocycles. The van der Waals surface area contributed by atoms with Crippen LogP contribution in [0, 0.1) is 0 Å². The van der Waals surface area contributed by atoms with E-state index in [0.717, 1.165) is 53.2 Å². The van der Waals surface area contributed by atoms with Gasteiger partial charge in [-0.25, -0.2) is 4.98 Å². The van der Waals surface area contributed by atoms with Gasteiger partial charge in [-0.15, -0.1) is 0 Å². The summed E-state index contributed by atoms with van der Waals surface area (Å²) in [6, 6.07) is 14.3. The minimum Gasteiger partial charge on any atom is -0.376 e. The van der Waals surface area contributed by atoms with Gasteiger partial charge in [0, 0.05) is 29.4 Å². The Balaban J connectivity index is 1.76. The Hall–Kier alpha value is -1.85. The fourth-order valence-electron chi connectivity index (χ4n) is 3.00. The monoisotopic (exact) mass is 371 g/mol. The zero-order chi connectivity index (χ0) is 15.6. The number of benzene rings is 1. The van der Waals surface area contributed by atoms with Crippen molar-refractivity contribution in [2.24, 2.45) is 0 Å². The van der Waals surface area contributed by atoms with Crippen LogP contribution in [0.1, 0.15) is 12.8 Å². The van der Waals surface area contributed by atoms with Gasteiger partial charge in [-0.05, 0) is 40.9 Å². The van der Waals surface area contributed by atoms with Gasteiger partial charge in [0.25, 0.3) is 0 Å². The molecule has 0 aliphatic carbocycles. The minimum absolute atomic E-state index is 0.288. The number of hydrogen-bond acceptors (Lipinski definition) is 3. The summed E-state index contributed by atoms with van der Waals surface area (Å²) in [5.74, 6) is 1.02. The molecule has 1 fully saturated rings. The van der Waals surface area contributed by atoms with E-state index in [9.17, 15) is 0 Å². The van der Waals surface area contributed by atoms with E-state index in [1.54, 1.807) is 0 Å². The third kappa shape index (κ3) is 2.99. The molecule has 3 heterocycles. The van der Waals surface area contributed by atoms with E-state index in [2.05, 4.69) is 37.8 Å². The molecule has 4 rings (SSSR count). The number of anilines is 1. The van der Waals surface area contributed by atoms with Crippen LogP contribution >= 0.6 is 15.9 Å². The number of aromatic nitrogens is 2. The highest BCUT2D eigenvalue weighted by Crippen LogP contribution is 2.30. The number of pyridine rings is 1. The lowest BCUT2D eigenvalue weighted by atomic mass is 10.1. The Kier molecular flexibility index (Phi) is 4.06. The van der Waals surface area contributed by atoms with Crippen LogP contribution in [0.3, 0.4) is 0 Å². The molecular formula is C18H18BrN3O. The Morgan fingerprint density at radius 1 is 1.22 bits per heavy atom. The van der Waals surface area contributed by atoms with Crippen LogP contribution in [0.4, 0.5) is 5.82 Å². The van der Waals surface area contributed by atoms with E-state index in [0.29, 0.717) is 0 Å². The van der Waals surface area contributed by atoms with Gasteiger partial charge in [0.2, 0.25) is 0 Å². The summed E-state index contributed by atoms with van der Waals surface area (Å²) in [7, 11) is 0. The smallest absolute Gasteiger partial charge is 0.139 e. The molecule has 118 valence electrons. The molecule has 1 saturated heterocycles. The molecule has 1 N–H and O–H groups in total. The Bertz CT molecular complexity index is 810. The fraction of sp³-hybridized carbons (Fsp3) is 0.278. The zero-order valence-corrected chi connectivity index (χ0v) is 14.3. The maximum absolute atomic E-state index is 5.73. The number of ether oxygens (including phenoxy) is 1. The number of rotatable bonds is 4. The van der Waals surface area contributed by atoms with Crippen LogP contribution in [0.25, 0.3) is 16.9 Å². The van der Waals surface area contributed by atoms with Crippen molar-refractivity contribution in [2.45, 2.75) is 18.9 Å². The predicted molar refractivity (Wildman–Crippen MR) is 95.8 cm³/mol. The van der Waals surface area contributed by atoms with Crippen molar-refractivity contribution in [1.29, 1.82) is 0 Å².